The molecule has 24 heavy (non-hydrogen) atoms. The van der Waals surface area contributed by atoms with Crippen LogP contribution < -0.4 is 0 Å². The fourth-order valence-electron chi connectivity index (χ4n) is 1.84. The van der Waals surface area contributed by atoms with Gasteiger partial charge in [0.25, 0.3) is 0 Å². The first-order valence-corrected chi connectivity index (χ1v) is 10.5. The molecule has 1 aromatic rings. The second-order valence-corrected chi connectivity index (χ2v) is 10.9. The summed E-state index contributed by atoms with van der Waals surface area (Å²) in [7, 11) is -0.558. The maximum atomic E-state index is 11.8. The zero-order valence-electron chi connectivity index (χ0n) is 14.2. The van der Waals surface area contributed by atoms with Gasteiger partial charge in [0.15, 0.2) is 17.2 Å². The summed E-state index contributed by atoms with van der Waals surface area (Å²) in [5.74, 6) is -1.72. The van der Waals surface area contributed by atoms with Crippen molar-refractivity contribution in [1.82, 2.24) is 0 Å². The molecule has 1 aromatic carbocycles. The molecule has 0 fully saturated rings. The van der Waals surface area contributed by atoms with Crippen LogP contribution in [-0.2, 0) is 9.47 Å². The first-order chi connectivity index (χ1) is 11.1. The van der Waals surface area contributed by atoms with Crippen molar-refractivity contribution >= 4 is 16.0 Å². The fraction of sp³-hybridized carbons (Fsp3) is 0.562. The molecule has 0 saturated heterocycles. The Morgan fingerprint density at radius 1 is 1.12 bits per heavy atom. The Morgan fingerprint density at radius 2 is 1.71 bits per heavy atom. The second kappa shape index (κ2) is 9.00. The van der Waals surface area contributed by atoms with Gasteiger partial charge in [0, 0.05) is 6.61 Å². The van der Waals surface area contributed by atoms with Gasteiger partial charge in [-0.15, -0.1) is 0 Å². The molecule has 1 unspecified atom stereocenters. The summed E-state index contributed by atoms with van der Waals surface area (Å²) < 4.78 is 10.2. The van der Waals surface area contributed by atoms with Crippen molar-refractivity contribution in [2.75, 3.05) is 44.3 Å². The highest BCUT2D eigenvalue weighted by Gasteiger charge is 2.16. The van der Waals surface area contributed by atoms with E-state index in [4.69, 9.17) is 9.47 Å². The summed E-state index contributed by atoms with van der Waals surface area (Å²) in [5, 5.41) is 37.6. The van der Waals surface area contributed by atoms with E-state index in [-0.39, 0.29) is 18.8 Å². The summed E-state index contributed by atoms with van der Waals surface area (Å²) in [6.07, 6.45) is 6.62. The molecule has 0 aliphatic heterocycles. The number of ether oxygens (including phenoxy) is 2. The topological polar surface area (TPSA) is 116 Å². The normalized spacial score (nSPS) is 13.5. The summed E-state index contributed by atoms with van der Waals surface area (Å²) in [6.45, 7) is 0.319. The van der Waals surface area contributed by atoms with Crippen molar-refractivity contribution in [3.05, 3.63) is 17.7 Å². The molecule has 0 heterocycles. The van der Waals surface area contributed by atoms with Gasteiger partial charge >= 0.3 is 5.97 Å². The van der Waals surface area contributed by atoms with Crippen LogP contribution in [0.4, 0.5) is 0 Å². The van der Waals surface area contributed by atoms with Gasteiger partial charge in [-0.2, -0.15) is 0 Å². The summed E-state index contributed by atoms with van der Waals surface area (Å²) >= 11 is 0. The number of carbonyl (C=O) groups is 1. The van der Waals surface area contributed by atoms with Crippen LogP contribution >= 0.6 is 10.0 Å². The van der Waals surface area contributed by atoms with E-state index in [1.165, 1.54) is 0 Å². The smallest absolute Gasteiger partial charge is 0.338 e. The third-order valence-corrected chi connectivity index (χ3v) is 4.58. The van der Waals surface area contributed by atoms with E-state index >= 15 is 0 Å². The van der Waals surface area contributed by atoms with E-state index < -0.39 is 39.3 Å². The summed E-state index contributed by atoms with van der Waals surface area (Å²) in [4.78, 5) is 11.8. The molecule has 1 atom stereocenters. The van der Waals surface area contributed by atoms with Crippen molar-refractivity contribution in [3.8, 4) is 17.2 Å². The van der Waals surface area contributed by atoms with E-state index in [0.29, 0.717) is 6.61 Å². The minimum atomic E-state index is -0.963. The van der Waals surface area contributed by atoms with Crippen LogP contribution in [0, 0.1) is 0 Å². The highest BCUT2D eigenvalue weighted by Crippen LogP contribution is 2.35. The molecule has 138 valence electrons. The van der Waals surface area contributed by atoms with Crippen molar-refractivity contribution in [3.63, 3.8) is 0 Å². The van der Waals surface area contributed by atoms with Crippen molar-refractivity contribution in [2.24, 2.45) is 0 Å². The van der Waals surface area contributed by atoms with Crippen LogP contribution in [0.5, 0.6) is 17.2 Å². The average Bonchev–Trinajstić information content (AvgIpc) is 2.48. The van der Waals surface area contributed by atoms with E-state index in [0.717, 1.165) is 24.3 Å². The lowest BCUT2D eigenvalue weighted by molar-refractivity contribution is -0.0106. The molecule has 0 aromatic heterocycles. The number of aromatic hydroxyl groups is 3. The minimum Gasteiger partial charge on any atom is -0.504 e. The number of phenols is 3. The standard InChI is InChI=1S/C16H26O7S/c1-24(2,3)6-4-5-22-9-12(17)10-23-16(21)11-7-13(18)15(20)14(19)8-11/h7-8,12,17-20H,4-6,9-10H2,1-3H3. The number of esters is 1. The predicted molar refractivity (Wildman–Crippen MR) is 93.4 cm³/mol. The Morgan fingerprint density at radius 3 is 2.25 bits per heavy atom. The van der Waals surface area contributed by atoms with Gasteiger partial charge in [-0.1, -0.05) is 0 Å². The monoisotopic (exact) mass is 362 g/mol. The van der Waals surface area contributed by atoms with Crippen LogP contribution in [0.25, 0.3) is 0 Å². The van der Waals surface area contributed by atoms with Crippen LogP contribution in [0.3, 0.4) is 0 Å². The van der Waals surface area contributed by atoms with Crippen molar-refractivity contribution in [1.29, 1.82) is 0 Å². The molecule has 7 nitrogen and oxygen atoms in total. The minimum absolute atomic E-state index is 0.0544. The number of hydrogen-bond donors (Lipinski definition) is 4. The van der Waals surface area contributed by atoms with Gasteiger partial charge in [-0.05, 0) is 43.1 Å². The molecular weight excluding hydrogens is 336 g/mol. The predicted octanol–water partition coefficient (Wildman–Crippen LogP) is 1.42. The Hall–Kier alpha value is -1.64. The van der Waals surface area contributed by atoms with E-state index in [9.17, 15) is 25.2 Å². The molecule has 0 amide bonds. The molecular formula is C16H26O7S. The van der Waals surface area contributed by atoms with Crippen molar-refractivity contribution in [2.45, 2.75) is 12.5 Å². The van der Waals surface area contributed by atoms with E-state index in [2.05, 4.69) is 18.8 Å². The van der Waals surface area contributed by atoms with Crippen LogP contribution in [0.2, 0.25) is 0 Å². The lowest BCUT2D eigenvalue weighted by Gasteiger charge is -2.24. The zero-order valence-corrected chi connectivity index (χ0v) is 15.0. The zero-order chi connectivity index (χ0) is 18.3. The molecule has 4 N–H and O–H groups in total. The molecule has 8 heteroatoms. The highest BCUT2D eigenvalue weighted by atomic mass is 32.3. The molecule has 0 spiro atoms. The fourth-order valence-corrected chi connectivity index (χ4v) is 2.82. The lowest BCUT2D eigenvalue weighted by Crippen LogP contribution is -2.24. The summed E-state index contributed by atoms with van der Waals surface area (Å²) in [6, 6.07) is 1.93. The van der Waals surface area contributed by atoms with Gasteiger partial charge in [-0.25, -0.2) is 14.8 Å². The number of aliphatic hydroxyl groups is 1. The lowest BCUT2D eigenvalue weighted by atomic mass is 10.2. The van der Waals surface area contributed by atoms with Gasteiger partial charge in [0.1, 0.15) is 12.7 Å². The summed E-state index contributed by atoms with van der Waals surface area (Å²) in [5.41, 5.74) is -0.135. The number of aliphatic hydroxyl groups excluding tert-OH is 1. The van der Waals surface area contributed by atoms with E-state index in [1.807, 2.05) is 0 Å². The first kappa shape index (κ1) is 20.4. The maximum absolute atomic E-state index is 11.8. The second-order valence-electron chi connectivity index (χ2n) is 6.34. The number of rotatable bonds is 9. The van der Waals surface area contributed by atoms with Gasteiger partial charge < -0.3 is 29.9 Å². The Balaban J connectivity index is 2.31. The van der Waals surface area contributed by atoms with Crippen LogP contribution in [0.1, 0.15) is 16.8 Å². The quantitative estimate of drug-likeness (QED) is 0.298. The number of carbonyl (C=O) groups excluding carboxylic acids is 1. The third kappa shape index (κ3) is 7.29. The number of phenolic OH excluding ortho intramolecular Hbond substituents is 3. The van der Waals surface area contributed by atoms with Crippen LogP contribution in [0.15, 0.2) is 12.1 Å². The molecule has 0 saturated carbocycles. The molecule has 0 aliphatic carbocycles. The largest absolute Gasteiger partial charge is 0.504 e. The maximum Gasteiger partial charge on any atom is 0.338 e. The number of benzene rings is 1. The van der Waals surface area contributed by atoms with Gasteiger partial charge in [0.2, 0.25) is 0 Å². The highest BCUT2D eigenvalue weighted by molar-refractivity contribution is 8.32. The Labute approximate surface area is 143 Å². The molecule has 1 rings (SSSR count). The Kier molecular flexibility index (Phi) is 7.65. The average molecular weight is 362 g/mol. The molecule has 0 bridgehead atoms. The molecule has 0 aliphatic rings. The van der Waals surface area contributed by atoms with Gasteiger partial charge in [-0.3, -0.25) is 0 Å². The Bertz CT molecular complexity index is 531. The SMILES string of the molecule is CS(C)(C)CCCOCC(O)COC(=O)c1cc(O)c(O)c(O)c1. The number of hydrogen-bond acceptors (Lipinski definition) is 7. The van der Waals surface area contributed by atoms with E-state index in [1.54, 1.807) is 0 Å². The van der Waals surface area contributed by atoms with Crippen LogP contribution in [-0.4, -0.2) is 76.8 Å². The third-order valence-electron chi connectivity index (χ3n) is 3.07. The van der Waals surface area contributed by atoms with Gasteiger partial charge in [0.05, 0.1) is 12.2 Å². The van der Waals surface area contributed by atoms with Crippen molar-refractivity contribution < 1.29 is 34.7 Å². The first-order valence-electron chi connectivity index (χ1n) is 7.44. The molecule has 0 radical (unpaired) electrons.